The van der Waals surface area contributed by atoms with Crippen LogP contribution in [0.4, 0.5) is 5.69 Å². The molecule has 0 saturated carbocycles. The molecule has 6 nitrogen and oxygen atoms in total. The molecule has 2 N–H and O–H groups in total. The van der Waals surface area contributed by atoms with Gasteiger partial charge in [-0.1, -0.05) is 42.5 Å². The summed E-state index contributed by atoms with van der Waals surface area (Å²) in [5.41, 5.74) is 6.42. The Bertz CT molecular complexity index is 842. The van der Waals surface area contributed by atoms with Crippen LogP contribution < -0.4 is 10.4 Å². The molecule has 0 radical (unpaired) electrons. The molecule has 1 amide bonds. The summed E-state index contributed by atoms with van der Waals surface area (Å²) in [7, 11) is 4.18. The van der Waals surface area contributed by atoms with Crippen LogP contribution in [0.25, 0.3) is 6.08 Å². The van der Waals surface area contributed by atoms with Gasteiger partial charge in [-0.3, -0.25) is 14.9 Å². The number of benzene rings is 2. The largest absolute Gasteiger partial charge is 0.368 e. The Morgan fingerprint density at radius 2 is 1.79 bits per heavy atom. The van der Waals surface area contributed by atoms with E-state index in [1.165, 1.54) is 17.2 Å². The second kappa shape index (κ2) is 10.2. The molecule has 6 heteroatoms. The summed E-state index contributed by atoms with van der Waals surface area (Å²) in [4.78, 5) is 18.3. The van der Waals surface area contributed by atoms with Gasteiger partial charge in [0.15, 0.2) is 0 Å². The van der Waals surface area contributed by atoms with Crippen molar-refractivity contribution in [2.45, 2.75) is 13.1 Å². The van der Waals surface area contributed by atoms with Crippen LogP contribution in [0.2, 0.25) is 0 Å². The fourth-order valence-electron chi connectivity index (χ4n) is 3.72. The molecule has 2 aromatic rings. The van der Waals surface area contributed by atoms with Gasteiger partial charge in [0.05, 0.1) is 0 Å². The molecule has 0 bridgehead atoms. The highest BCUT2D eigenvalue weighted by Gasteiger charge is 2.18. The van der Waals surface area contributed by atoms with E-state index in [4.69, 9.17) is 5.21 Å². The van der Waals surface area contributed by atoms with Crippen LogP contribution in [0.15, 0.2) is 54.6 Å². The van der Waals surface area contributed by atoms with Crippen molar-refractivity contribution in [3.8, 4) is 0 Å². The van der Waals surface area contributed by atoms with Gasteiger partial charge in [0, 0.05) is 51.0 Å². The summed E-state index contributed by atoms with van der Waals surface area (Å²) in [5.74, 6) is -0.527. The van der Waals surface area contributed by atoms with Gasteiger partial charge in [0.25, 0.3) is 5.91 Å². The number of carbonyl (C=O) groups is 1. The monoisotopic (exact) mass is 394 g/mol. The molecule has 0 aliphatic carbocycles. The van der Waals surface area contributed by atoms with E-state index in [1.807, 2.05) is 18.2 Å². The number of amides is 1. The highest BCUT2D eigenvalue weighted by Crippen LogP contribution is 2.23. The van der Waals surface area contributed by atoms with E-state index in [2.05, 4.69) is 59.1 Å². The number of nitrogens with one attached hydrogen (secondary N) is 1. The van der Waals surface area contributed by atoms with Gasteiger partial charge in [0.1, 0.15) is 0 Å². The van der Waals surface area contributed by atoms with Crippen molar-refractivity contribution in [2.24, 2.45) is 0 Å². The minimum Gasteiger partial charge on any atom is -0.368 e. The van der Waals surface area contributed by atoms with E-state index < -0.39 is 5.91 Å². The summed E-state index contributed by atoms with van der Waals surface area (Å²) in [6, 6.07) is 16.9. The van der Waals surface area contributed by atoms with Crippen molar-refractivity contribution >= 4 is 17.7 Å². The van der Waals surface area contributed by atoms with E-state index in [9.17, 15) is 4.79 Å². The Kier molecular flexibility index (Phi) is 7.41. The van der Waals surface area contributed by atoms with Crippen LogP contribution >= 0.6 is 0 Å². The molecule has 0 atom stereocenters. The third-order valence-electron chi connectivity index (χ3n) is 5.07. The second-order valence-corrected chi connectivity index (χ2v) is 7.69. The van der Waals surface area contributed by atoms with Gasteiger partial charge in [-0.05, 0) is 42.9 Å². The van der Waals surface area contributed by atoms with Crippen LogP contribution in [0.5, 0.6) is 0 Å². The van der Waals surface area contributed by atoms with E-state index in [0.29, 0.717) is 0 Å². The maximum absolute atomic E-state index is 11.3. The van der Waals surface area contributed by atoms with Crippen molar-refractivity contribution in [1.82, 2.24) is 15.3 Å². The van der Waals surface area contributed by atoms with Crippen molar-refractivity contribution in [3.63, 3.8) is 0 Å². The van der Waals surface area contributed by atoms with Crippen molar-refractivity contribution in [1.29, 1.82) is 0 Å². The van der Waals surface area contributed by atoms with Crippen molar-refractivity contribution < 1.29 is 10.0 Å². The van der Waals surface area contributed by atoms with Crippen molar-refractivity contribution in [2.75, 3.05) is 45.2 Å². The minimum absolute atomic E-state index is 0.527. The minimum atomic E-state index is -0.527. The molecular formula is C23H30N4O2. The molecule has 2 aromatic carbocycles. The Hall–Kier alpha value is -2.67. The van der Waals surface area contributed by atoms with Gasteiger partial charge in [-0.25, -0.2) is 5.48 Å². The fourth-order valence-corrected chi connectivity index (χ4v) is 3.72. The van der Waals surface area contributed by atoms with E-state index in [0.717, 1.165) is 50.5 Å². The van der Waals surface area contributed by atoms with Crippen LogP contribution in [0.1, 0.15) is 16.7 Å². The number of hydroxylamine groups is 1. The highest BCUT2D eigenvalue weighted by molar-refractivity contribution is 5.91. The molecule has 0 aromatic heterocycles. The number of hydrogen-bond acceptors (Lipinski definition) is 5. The van der Waals surface area contributed by atoms with Gasteiger partial charge < -0.3 is 9.80 Å². The first-order valence-electron chi connectivity index (χ1n) is 9.96. The summed E-state index contributed by atoms with van der Waals surface area (Å²) in [6.07, 6.45) is 3.08. The summed E-state index contributed by atoms with van der Waals surface area (Å²) in [6.45, 7) is 5.79. The SMILES string of the molecule is CN(C)Cc1cccc(CN2CCN(c3ccccc3C=CC(=O)NO)CC2)c1. The number of nitrogens with zero attached hydrogens (tertiary/aromatic N) is 3. The quantitative estimate of drug-likeness (QED) is 0.429. The molecule has 1 aliphatic heterocycles. The Labute approximate surface area is 173 Å². The van der Waals surface area contributed by atoms with Gasteiger partial charge in [-0.2, -0.15) is 0 Å². The Balaban J connectivity index is 1.60. The van der Waals surface area contributed by atoms with Gasteiger partial charge >= 0.3 is 0 Å². The number of para-hydroxylation sites is 1. The maximum atomic E-state index is 11.3. The maximum Gasteiger partial charge on any atom is 0.267 e. The van der Waals surface area contributed by atoms with Crippen LogP contribution in [-0.2, 0) is 17.9 Å². The average Bonchev–Trinajstić information content (AvgIpc) is 2.72. The van der Waals surface area contributed by atoms with Crippen LogP contribution in [-0.4, -0.2) is 61.2 Å². The molecule has 1 saturated heterocycles. The lowest BCUT2D eigenvalue weighted by Gasteiger charge is -2.37. The van der Waals surface area contributed by atoms with Gasteiger partial charge in [0.2, 0.25) is 0 Å². The summed E-state index contributed by atoms with van der Waals surface area (Å²) >= 11 is 0. The van der Waals surface area contributed by atoms with E-state index >= 15 is 0 Å². The van der Waals surface area contributed by atoms with E-state index in [-0.39, 0.29) is 0 Å². The molecule has 0 spiro atoms. The van der Waals surface area contributed by atoms with Crippen LogP contribution in [0, 0.1) is 0 Å². The summed E-state index contributed by atoms with van der Waals surface area (Å²) in [5, 5.41) is 8.67. The molecule has 1 fully saturated rings. The molecule has 1 aliphatic rings. The molecule has 1 heterocycles. The first kappa shape index (κ1) is 21.0. The lowest BCUT2D eigenvalue weighted by atomic mass is 10.1. The van der Waals surface area contributed by atoms with E-state index in [1.54, 1.807) is 11.6 Å². The normalized spacial score (nSPS) is 15.2. The third-order valence-corrected chi connectivity index (χ3v) is 5.07. The summed E-state index contributed by atoms with van der Waals surface area (Å²) < 4.78 is 0. The number of anilines is 1. The number of piperazine rings is 1. The highest BCUT2D eigenvalue weighted by atomic mass is 16.5. The standard InChI is InChI=1S/C23H30N4O2/c1-25(2)17-19-6-5-7-20(16-19)18-26-12-14-27(15-13-26)22-9-4-3-8-21(22)10-11-23(28)24-29/h3-11,16,29H,12-15,17-18H2,1-2H3,(H,24,28). The average molecular weight is 395 g/mol. The smallest absolute Gasteiger partial charge is 0.267 e. The number of carbonyl (C=O) groups excluding carboxylic acids is 1. The molecule has 3 rings (SSSR count). The molecule has 29 heavy (non-hydrogen) atoms. The first-order chi connectivity index (χ1) is 14.0. The topological polar surface area (TPSA) is 59.0 Å². The van der Waals surface area contributed by atoms with Crippen molar-refractivity contribution in [3.05, 3.63) is 71.3 Å². The molecule has 0 unspecified atom stereocenters. The Morgan fingerprint density at radius 3 is 2.52 bits per heavy atom. The predicted octanol–water partition coefficient (Wildman–Crippen LogP) is 2.59. The fraction of sp³-hybridized carbons (Fsp3) is 0.348. The lowest BCUT2D eigenvalue weighted by Crippen LogP contribution is -2.46. The molecule has 154 valence electrons. The first-order valence-corrected chi connectivity index (χ1v) is 9.96. The van der Waals surface area contributed by atoms with Crippen LogP contribution in [0.3, 0.4) is 0 Å². The zero-order chi connectivity index (χ0) is 20.6. The number of hydrogen-bond donors (Lipinski definition) is 2. The Morgan fingerprint density at radius 1 is 1.07 bits per heavy atom. The zero-order valence-corrected chi connectivity index (χ0v) is 17.2. The zero-order valence-electron chi connectivity index (χ0n) is 17.2. The number of rotatable bonds is 7. The predicted molar refractivity (Wildman–Crippen MR) is 117 cm³/mol. The third kappa shape index (κ3) is 6.15. The second-order valence-electron chi connectivity index (χ2n) is 7.69. The van der Waals surface area contributed by atoms with Gasteiger partial charge in [-0.15, -0.1) is 0 Å². The lowest BCUT2D eigenvalue weighted by molar-refractivity contribution is -0.124. The molecular weight excluding hydrogens is 364 g/mol.